The molecule has 1 saturated heterocycles. The van der Waals surface area contributed by atoms with E-state index in [1.165, 1.54) is 7.05 Å². The number of benzene rings is 2. The first-order valence-corrected chi connectivity index (χ1v) is 10.1. The minimum Gasteiger partial charge on any atom is -0.447 e. The van der Waals surface area contributed by atoms with Gasteiger partial charge in [-0.1, -0.05) is 49.4 Å². The van der Waals surface area contributed by atoms with Gasteiger partial charge in [0.25, 0.3) is 5.91 Å². The molecule has 0 aliphatic carbocycles. The van der Waals surface area contributed by atoms with Crippen LogP contribution < -0.4 is 15.5 Å². The first kappa shape index (κ1) is 22.0. The van der Waals surface area contributed by atoms with Crippen LogP contribution in [0.15, 0.2) is 54.6 Å². The summed E-state index contributed by atoms with van der Waals surface area (Å²) < 4.78 is 5.49. The van der Waals surface area contributed by atoms with E-state index in [0.717, 1.165) is 17.7 Å². The van der Waals surface area contributed by atoms with Gasteiger partial charge in [0.1, 0.15) is 0 Å². The molecule has 4 amide bonds. The lowest BCUT2D eigenvalue weighted by atomic mass is 10.1. The lowest BCUT2D eigenvalue weighted by Gasteiger charge is -2.20. The number of urea groups is 1. The number of nitrogens with zero attached hydrogens (tertiary/aromatic N) is 1. The number of ether oxygens (including phenoxy) is 1. The van der Waals surface area contributed by atoms with Gasteiger partial charge in [-0.25, -0.2) is 4.79 Å². The fourth-order valence-corrected chi connectivity index (χ4v) is 3.38. The van der Waals surface area contributed by atoms with Gasteiger partial charge in [-0.3, -0.25) is 19.7 Å². The number of carbonyl (C=O) groups excluding carboxylic acids is 4. The van der Waals surface area contributed by atoms with Crippen LogP contribution in [0.3, 0.4) is 0 Å². The lowest BCUT2D eigenvalue weighted by Crippen LogP contribution is -2.41. The number of anilines is 1. The van der Waals surface area contributed by atoms with Gasteiger partial charge < -0.3 is 15.0 Å². The molecule has 0 radical (unpaired) electrons. The van der Waals surface area contributed by atoms with Crippen molar-refractivity contribution in [2.75, 3.05) is 18.5 Å². The Kier molecular flexibility index (Phi) is 7.02. The minimum absolute atomic E-state index is 0.00701. The number of imide groups is 1. The van der Waals surface area contributed by atoms with Crippen LogP contribution in [0.2, 0.25) is 0 Å². The lowest BCUT2D eigenvalue weighted by molar-refractivity contribution is -0.159. The normalized spacial score (nSPS) is 16.5. The van der Waals surface area contributed by atoms with Crippen molar-refractivity contribution < 1.29 is 23.9 Å². The molecule has 8 heteroatoms. The Bertz CT molecular complexity index is 959. The Labute approximate surface area is 180 Å². The number of hydrogen-bond acceptors (Lipinski definition) is 5. The van der Waals surface area contributed by atoms with E-state index in [-0.39, 0.29) is 18.9 Å². The van der Waals surface area contributed by atoms with E-state index >= 15 is 0 Å². The van der Waals surface area contributed by atoms with Gasteiger partial charge in [0.2, 0.25) is 12.0 Å². The van der Waals surface area contributed by atoms with Crippen LogP contribution in [0.4, 0.5) is 10.5 Å². The van der Waals surface area contributed by atoms with E-state index < -0.39 is 29.9 Å². The highest BCUT2D eigenvalue weighted by atomic mass is 16.5. The molecule has 8 nitrogen and oxygen atoms in total. The summed E-state index contributed by atoms with van der Waals surface area (Å²) in [5.41, 5.74) is 2.29. The van der Waals surface area contributed by atoms with Crippen LogP contribution in [0, 0.1) is 5.92 Å². The maximum atomic E-state index is 12.8. The third-order valence-corrected chi connectivity index (χ3v) is 5.15. The van der Waals surface area contributed by atoms with Crippen LogP contribution in [-0.4, -0.2) is 37.4 Å². The van der Waals surface area contributed by atoms with E-state index in [0.29, 0.717) is 5.56 Å². The van der Waals surface area contributed by atoms with Crippen molar-refractivity contribution in [3.63, 3.8) is 0 Å². The average Bonchev–Trinajstić information content (AvgIpc) is 3.19. The SMILES string of the molecule is CCc1ccc(N2C[C@@H](C(=O)O[C@H](C(=O)NC(=O)NC)c3ccccc3)CC2=O)cc1. The highest BCUT2D eigenvalue weighted by Gasteiger charge is 2.38. The third kappa shape index (κ3) is 5.28. The summed E-state index contributed by atoms with van der Waals surface area (Å²) in [4.78, 5) is 51.0. The molecule has 0 spiro atoms. The number of carbonyl (C=O) groups is 4. The van der Waals surface area contributed by atoms with Crippen LogP contribution in [0.25, 0.3) is 0 Å². The van der Waals surface area contributed by atoms with Gasteiger partial charge >= 0.3 is 12.0 Å². The molecule has 3 rings (SSSR count). The second kappa shape index (κ2) is 9.88. The standard InChI is InChI=1S/C23H25N3O5/c1-3-15-9-11-18(12-10-15)26-14-17(13-19(26)27)22(29)31-20(16-7-5-4-6-8-16)21(28)25-23(30)24-2/h4-12,17,20H,3,13-14H2,1-2H3,(H2,24,25,28,30)/t17-,20-/m0/s1. The van der Waals surface area contributed by atoms with E-state index in [9.17, 15) is 19.2 Å². The fourth-order valence-electron chi connectivity index (χ4n) is 3.38. The molecule has 0 unspecified atom stereocenters. The zero-order valence-electron chi connectivity index (χ0n) is 17.5. The second-order valence-corrected chi connectivity index (χ2v) is 7.22. The number of esters is 1. The molecule has 0 saturated carbocycles. The minimum atomic E-state index is -1.31. The Morgan fingerprint density at radius 2 is 1.77 bits per heavy atom. The molecule has 2 aromatic carbocycles. The quantitative estimate of drug-likeness (QED) is 0.694. The van der Waals surface area contributed by atoms with Crippen molar-refractivity contribution in [1.82, 2.24) is 10.6 Å². The maximum absolute atomic E-state index is 12.8. The van der Waals surface area contributed by atoms with Crippen LogP contribution in [-0.2, 0) is 25.5 Å². The zero-order chi connectivity index (χ0) is 22.4. The predicted octanol–water partition coefficient (Wildman–Crippen LogP) is 2.34. The maximum Gasteiger partial charge on any atom is 0.321 e. The van der Waals surface area contributed by atoms with Gasteiger partial charge in [-0.15, -0.1) is 0 Å². The summed E-state index contributed by atoms with van der Waals surface area (Å²) in [5.74, 6) is -2.33. The predicted molar refractivity (Wildman–Crippen MR) is 114 cm³/mol. The number of rotatable bonds is 6. The number of hydrogen-bond donors (Lipinski definition) is 2. The summed E-state index contributed by atoms with van der Waals surface area (Å²) >= 11 is 0. The summed E-state index contributed by atoms with van der Waals surface area (Å²) in [6.07, 6.45) is -0.422. The second-order valence-electron chi connectivity index (χ2n) is 7.22. The van der Waals surface area contributed by atoms with Crippen molar-refractivity contribution in [1.29, 1.82) is 0 Å². The molecular weight excluding hydrogens is 398 g/mol. The number of amides is 4. The molecule has 2 N–H and O–H groups in total. The molecule has 2 atom stereocenters. The first-order valence-electron chi connectivity index (χ1n) is 10.1. The van der Waals surface area contributed by atoms with E-state index in [1.54, 1.807) is 35.2 Å². The van der Waals surface area contributed by atoms with Crippen LogP contribution in [0.1, 0.15) is 30.6 Å². The molecule has 162 valence electrons. The number of nitrogens with one attached hydrogen (secondary N) is 2. The summed E-state index contributed by atoms with van der Waals surface area (Å²) in [6, 6.07) is 15.3. The highest BCUT2D eigenvalue weighted by Crippen LogP contribution is 2.28. The third-order valence-electron chi connectivity index (χ3n) is 5.15. The first-order chi connectivity index (χ1) is 14.9. The fraction of sp³-hybridized carbons (Fsp3) is 0.304. The number of aryl methyl sites for hydroxylation is 1. The molecule has 1 fully saturated rings. The Hall–Kier alpha value is -3.68. The molecule has 0 bridgehead atoms. The molecular formula is C23H25N3O5. The van der Waals surface area contributed by atoms with Gasteiger partial charge in [0.15, 0.2) is 0 Å². The largest absolute Gasteiger partial charge is 0.447 e. The molecule has 1 aliphatic rings. The zero-order valence-corrected chi connectivity index (χ0v) is 17.5. The van der Waals surface area contributed by atoms with E-state index in [2.05, 4.69) is 10.6 Å². The van der Waals surface area contributed by atoms with Gasteiger partial charge in [0, 0.05) is 31.3 Å². The summed E-state index contributed by atoms with van der Waals surface area (Å²) in [5, 5.41) is 4.42. The summed E-state index contributed by atoms with van der Waals surface area (Å²) in [7, 11) is 1.37. The Morgan fingerprint density at radius 1 is 1.10 bits per heavy atom. The van der Waals surface area contributed by atoms with Crippen molar-refractivity contribution in [2.45, 2.75) is 25.9 Å². The molecule has 31 heavy (non-hydrogen) atoms. The molecule has 1 aliphatic heterocycles. The van der Waals surface area contributed by atoms with Crippen molar-refractivity contribution in [3.8, 4) is 0 Å². The summed E-state index contributed by atoms with van der Waals surface area (Å²) in [6.45, 7) is 2.22. The average molecular weight is 423 g/mol. The monoisotopic (exact) mass is 423 g/mol. The highest BCUT2D eigenvalue weighted by molar-refractivity contribution is 6.01. The molecule has 1 heterocycles. The van der Waals surface area contributed by atoms with Crippen molar-refractivity contribution in [3.05, 3.63) is 65.7 Å². The topological polar surface area (TPSA) is 105 Å². The Morgan fingerprint density at radius 3 is 2.39 bits per heavy atom. The Balaban J connectivity index is 1.73. The van der Waals surface area contributed by atoms with Gasteiger partial charge in [-0.05, 0) is 24.1 Å². The van der Waals surface area contributed by atoms with Gasteiger partial charge in [0.05, 0.1) is 5.92 Å². The molecule has 2 aromatic rings. The van der Waals surface area contributed by atoms with Crippen molar-refractivity contribution in [2.24, 2.45) is 5.92 Å². The molecule has 0 aromatic heterocycles. The van der Waals surface area contributed by atoms with Crippen LogP contribution >= 0.6 is 0 Å². The van der Waals surface area contributed by atoms with Crippen molar-refractivity contribution >= 4 is 29.5 Å². The van der Waals surface area contributed by atoms with E-state index in [1.807, 2.05) is 31.2 Å². The van der Waals surface area contributed by atoms with Gasteiger partial charge in [-0.2, -0.15) is 0 Å². The smallest absolute Gasteiger partial charge is 0.321 e. The van der Waals surface area contributed by atoms with E-state index in [4.69, 9.17) is 4.74 Å². The van der Waals surface area contributed by atoms with Crippen LogP contribution in [0.5, 0.6) is 0 Å².